The highest BCUT2D eigenvalue weighted by Crippen LogP contribution is 2.22. The number of carbonyl (C=O) groups excluding carboxylic acids is 1. The summed E-state index contributed by atoms with van der Waals surface area (Å²) < 4.78 is 0. The number of rotatable bonds is 7. The van der Waals surface area contributed by atoms with Gasteiger partial charge in [-0.3, -0.25) is 4.79 Å². The van der Waals surface area contributed by atoms with Crippen molar-refractivity contribution in [3.8, 4) is 0 Å². The molecule has 22 heavy (non-hydrogen) atoms. The number of carbonyl (C=O) groups is 1. The van der Waals surface area contributed by atoms with Gasteiger partial charge >= 0.3 is 0 Å². The van der Waals surface area contributed by atoms with Crippen LogP contribution in [-0.2, 0) is 4.79 Å². The number of hydrogen-bond acceptors (Lipinski definition) is 4. The number of likely N-dealkylation sites (N-methyl/N-ethyl adjacent to an activating group) is 1. The Hall–Kier alpha value is -1.30. The first kappa shape index (κ1) is 17.1. The molecule has 0 radical (unpaired) electrons. The Kier molecular flexibility index (Phi) is 6.49. The second-order valence-electron chi connectivity index (χ2n) is 5.40. The molecule has 1 aromatic heterocycles. The van der Waals surface area contributed by atoms with E-state index in [9.17, 15) is 4.79 Å². The van der Waals surface area contributed by atoms with E-state index in [0.29, 0.717) is 12.3 Å². The van der Waals surface area contributed by atoms with E-state index >= 15 is 0 Å². The fraction of sp³-hybridized carbons (Fsp3) is 0.353. The zero-order valence-electron chi connectivity index (χ0n) is 13.2. The van der Waals surface area contributed by atoms with Crippen molar-refractivity contribution in [1.82, 2.24) is 10.2 Å². The highest BCUT2D eigenvalue weighted by molar-refractivity contribution is 8.00. The van der Waals surface area contributed by atoms with E-state index in [1.54, 1.807) is 23.1 Å². The molecule has 1 amide bonds. The molecule has 1 N–H and O–H groups in total. The van der Waals surface area contributed by atoms with Crippen LogP contribution in [0.3, 0.4) is 0 Å². The SMILES string of the molecule is Cc1ccc(SCC(=O)NCC(c2cccs2)N(C)C)cc1. The monoisotopic (exact) mass is 334 g/mol. The summed E-state index contributed by atoms with van der Waals surface area (Å²) in [5, 5.41) is 5.11. The average molecular weight is 335 g/mol. The van der Waals surface area contributed by atoms with Crippen molar-refractivity contribution in [2.45, 2.75) is 17.9 Å². The number of nitrogens with zero attached hydrogens (tertiary/aromatic N) is 1. The van der Waals surface area contributed by atoms with Gasteiger partial charge < -0.3 is 10.2 Å². The Morgan fingerprint density at radius 3 is 2.59 bits per heavy atom. The topological polar surface area (TPSA) is 32.3 Å². The third kappa shape index (κ3) is 5.16. The van der Waals surface area contributed by atoms with Gasteiger partial charge in [0.1, 0.15) is 0 Å². The van der Waals surface area contributed by atoms with E-state index in [0.717, 1.165) is 4.90 Å². The summed E-state index contributed by atoms with van der Waals surface area (Å²) in [7, 11) is 4.08. The van der Waals surface area contributed by atoms with Crippen LogP contribution in [0.2, 0.25) is 0 Å². The summed E-state index contributed by atoms with van der Waals surface area (Å²) in [5.74, 6) is 0.530. The second-order valence-corrected chi connectivity index (χ2v) is 7.43. The minimum absolute atomic E-state index is 0.0778. The minimum Gasteiger partial charge on any atom is -0.353 e. The summed E-state index contributed by atoms with van der Waals surface area (Å²) in [6.45, 7) is 2.70. The van der Waals surface area contributed by atoms with Gasteiger partial charge in [0.25, 0.3) is 0 Å². The first-order chi connectivity index (χ1) is 10.6. The summed E-state index contributed by atoms with van der Waals surface area (Å²) in [6.07, 6.45) is 0. The quantitative estimate of drug-likeness (QED) is 0.786. The summed E-state index contributed by atoms with van der Waals surface area (Å²) >= 11 is 3.30. The minimum atomic E-state index is 0.0778. The molecule has 0 spiro atoms. The summed E-state index contributed by atoms with van der Waals surface area (Å²) in [4.78, 5) is 16.6. The molecular weight excluding hydrogens is 312 g/mol. The number of thioether (sulfide) groups is 1. The lowest BCUT2D eigenvalue weighted by Crippen LogP contribution is -2.35. The molecule has 0 aliphatic rings. The average Bonchev–Trinajstić information content (AvgIpc) is 3.00. The fourth-order valence-corrected chi connectivity index (χ4v) is 3.71. The van der Waals surface area contributed by atoms with Crippen molar-refractivity contribution >= 4 is 29.0 Å². The lowest BCUT2D eigenvalue weighted by Gasteiger charge is -2.23. The predicted octanol–water partition coefficient (Wildman–Crippen LogP) is 3.57. The van der Waals surface area contributed by atoms with Gasteiger partial charge in [-0.05, 0) is 44.6 Å². The van der Waals surface area contributed by atoms with Gasteiger partial charge in [-0.1, -0.05) is 23.8 Å². The van der Waals surface area contributed by atoms with Crippen LogP contribution in [0.5, 0.6) is 0 Å². The van der Waals surface area contributed by atoms with Gasteiger partial charge in [-0.15, -0.1) is 23.1 Å². The number of hydrogen-bond donors (Lipinski definition) is 1. The predicted molar refractivity (Wildman–Crippen MR) is 95.7 cm³/mol. The molecule has 2 rings (SSSR count). The van der Waals surface area contributed by atoms with Crippen LogP contribution in [0.1, 0.15) is 16.5 Å². The number of amides is 1. The smallest absolute Gasteiger partial charge is 0.230 e. The van der Waals surface area contributed by atoms with E-state index in [2.05, 4.69) is 52.9 Å². The van der Waals surface area contributed by atoms with Crippen LogP contribution < -0.4 is 5.32 Å². The Balaban J connectivity index is 1.80. The molecule has 1 aromatic carbocycles. The van der Waals surface area contributed by atoms with Crippen molar-refractivity contribution in [3.63, 3.8) is 0 Å². The first-order valence-electron chi connectivity index (χ1n) is 7.22. The van der Waals surface area contributed by atoms with Crippen LogP contribution in [-0.4, -0.2) is 37.2 Å². The number of nitrogens with one attached hydrogen (secondary N) is 1. The van der Waals surface area contributed by atoms with Crippen LogP contribution in [0.4, 0.5) is 0 Å². The molecule has 118 valence electrons. The fourth-order valence-electron chi connectivity index (χ4n) is 2.06. The van der Waals surface area contributed by atoms with Gasteiger partial charge in [-0.25, -0.2) is 0 Å². The maximum atomic E-state index is 12.0. The normalized spacial score (nSPS) is 12.4. The zero-order chi connectivity index (χ0) is 15.9. The van der Waals surface area contributed by atoms with Crippen molar-refractivity contribution in [1.29, 1.82) is 0 Å². The molecule has 0 aliphatic carbocycles. The largest absolute Gasteiger partial charge is 0.353 e. The standard InChI is InChI=1S/C17H22N2OS2/c1-13-6-8-14(9-7-13)22-12-17(20)18-11-15(19(2)3)16-5-4-10-21-16/h4-10,15H,11-12H2,1-3H3,(H,18,20). The van der Waals surface area contributed by atoms with Crippen molar-refractivity contribution in [2.24, 2.45) is 0 Å². The Morgan fingerprint density at radius 1 is 1.27 bits per heavy atom. The van der Waals surface area contributed by atoms with Crippen LogP contribution in [0.15, 0.2) is 46.7 Å². The second kappa shape index (κ2) is 8.36. The van der Waals surface area contributed by atoms with E-state index in [4.69, 9.17) is 0 Å². The molecule has 3 nitrogen and oxygen atoms in total. The highest BCUT2D eigenvalue weighted by atomic mass is 32.2. The number of benzene rings is 1. The lowest BCUT2D eigenvalue weighted by molar-refractivity contribution is -0.118. The lowest BCUT2D eigenvalue weighted by atomic mass is 10.2. The molecule has 0 aliphatic heterocycles. The van der Waals surface area contributed by atoms with Crippen LogP contribution in [0, 0.1) is 6.92 Å². The van der Waals surface area contributed by atoms with E-state index in [-0.39, 0.29) is 11.9 Å². The van der Waals surface area contributed by atoms with E-state index in [1.807, 2.05) is 20.2 Å². The Labute approximate surface area is 140 Å². The van der Waals surface area contributed by atoms with Gasteiger partial charge in [0, 0.05) is 16.3 Å². The van der Waals surface area contributed by atoms with Gasteiger partial charge in [0.2, 0.25) is 5.91 Å². The molecule has 1 heterocycles. The zero-order valence-corrected chi connectivity index (χ0v) is 14.8. The molecule has 0 fully saturated rings. The number of aryl methyl sites for hydroxylation is 1. The first-order valence-corrected chi connectivity index (χ1v) is 9.09. The van der Waals surface area contributed by atoms with E-state index in [1.165, 1.54) is 10.4 Å². The maximum absolute atomic E-state index is 12.0. The van der Waals surface area contributed by atoms with Crippen molar-refractivity contribution < 1.29 is 4.79 Å². The summed E-state index contributed by atoms with van der Waals surface area (Å²) in [6, 6.07) is 12.6. The van der Waals surface area contributed by atoms with Gasteiger partial charge in [0.05, 0.1) is 11.8 Å². The third-order valence-corrected chi connectivity index (χ3v) is 5.36. The summed E-state index contributed by atoms with van der Waals surface area (Å²) in [5.41, 5.74) is 1.23. The van der Waals surface area contributed by atoms with E-state index < -0.39 is 0 Å². The van der Waals surface area contributed by atoms with Crippen molar-refractivity contribution in [3.05, 3.63) is 52.2 Å². The molecule has 1 atom stereocenters. The highest BCUT2D eigenvalue weighted by Gasteiger charge is 2.16. The molecule has 2 aromatic rings. The van der Waals surface area contributed by atoms with Crippen molar-refractivity contribution in [2.75, 3.05) is 26.4 Å². The van der Waals surface area contributed by atoms with Gasteiger partial charge in [0.15, 0.2) is 0 Å². The number of thiophene rings is 1. The van der Waals surface area contributed by atoms with Crippen LogP contribution in [0.25, 0.3) is 0 Å². The third-order valence-electron chi connectivity index (χ3n) is 3.38. The Morgan fingerprint density at radius 2 is 2.00 bits per heavy atom. The molecule has 1 unspecified atom stereocenters. The molecular formula is C17H22N2OS2. The molecule has 0 saturated heterocycles. The molecule has 0 saturated carbocycles. The van der Waals surface area contributed by atoms with Crippen LogP contribution >= 0.6 is 23.1 Å². The van der Waals surface area contributed by atoms with Gasteiger partial charge in [-0.2, -0.15) is 0 Å². The molecule has 0 bridgehead atoms. The Bertz CT molecular complexity index is 579. The molecule has 5 heteroatoms. The maximum Gasteiger partial charge on any atom is 0.230 e.